The van der Waals surface area contributed by atoms with Crippen molar-refractivity contribution in [3.8, 4) is 0 Å². The Labute approximate surface area is 234 Å². The second-order valence-corrected chi connectivity index (χ2v) is 12.4. The third-order valence-electron chi connectivity index (χ3n) is 8.69. The van der Waals surface area contributed by atoms with E-state index in [4.69, 9.17) is 14.2 Å². The van der Waals surface area contributed by atoms with Crippen LogP contribution >= 0.6 is 0 Å². The van der Waals surface area contributed by atoms with Gasteiger partial charge in [0.25, 0.3) is 11.7 Å². The lowest BCUT2D eigenvalue weighted by Gasteiger charge is -2.43. The number of ether oxygens (including phenoxy) is 3. The largest absolute Gasteiger partial charge is 0.456 e. The van der Waals surface area contributed by atoms with Gasteiger partial charge >= 0.3 is 5.97 Å². The zero-order chi connectivity index (χ0) is 28.9. The van der Waals surface area contributed by atoms with Crippen LogP contribution in [0.15, 0.2) is 23.8 Å². The summed E-state index contributed by atoms with van der Waals surface area (Å²) in [6, 6.07) is -0.874. The highest BCUT2D eigenvalue weighted by Gasteiger charge is 2.53. The van der Waals surface area contributed by atoms with Gasteiger partial charge in [-0.1, -0.05) is 53.7 Å². The van der Waals surface area contributed by atoms with E-state index >= 15 is 0 Å². The Bertz CT molecular complexity index is 941. The monoisotopic (exact) mass is 547 g/mol. The molecule has 1 amide bonds. The van der Waals surface area contributed by atoms with Crippen molar-refractivity contribution in [2.45, 2.75) is 117 Å². The predicted octanol–water partition coefficient (Wildman–Crippen LogP) is 4.59. The Morgan fingerprint density at radius 1 is 1.10 bits per heavy atom. The van der Waals surface area contributed by atoms with E-state index in [-0.39, 0.29) is 30.6 Å². The Morgan fingerprint density at radius 3 is 2.46 bits per heavy atom. The van der Waals surface area contributed by atoms with Gasteiger partial charge in [0.05, 0.1) is 12.2 Å². The lowest BCUT2D eigenvalue weighted by Crippen LogP contribution is -2.61. The van der Waals surface area contributed by atoms with Crippen molar-refractivity contribution in [1.82, 2.24) is 4.90 Å². The molecule has 2 heterocycles. The Morgan fingerprint density at radius 2 is 1.82 bits per heavy atom. The summed E-state index contributed by atoms with van der Waals surface area (Å²) in [6.07, 6.45) is 10.4. The summed E-state index contributed by atoms with van der Waals surface area (Å²) in [5.41, 5.74) is 1.15. The van der Waals surface area contributed by atoms with Crippen LogP contribution < -0.4 is 0 Å². The standard InChI is InChI=1S/C31H49NO7/c1-19(2)25(16-14-23-13-11-21(5)27(18-23)37-7)38-30(35)24-10-8-9-17-32(24)29(34)28(33)31(36)22(6)12-15-26(39-31)20(3)4/h14,16,18-22,24-27,36H,8-13,15,17H2,1-7H3/b16-14+. The molecule has 3 aliphatic rings. The summed E-state index contributed by atoms with van der Waals surface area (Å²) < 4.78 is 17.4. The third kappa shape index (κ3) is 7.39. The highest BCUT2D eigenvalue weighted by molar-refractivity contribution is 6.39. The number of amides is 1. The lowest BCUT2D eigenvalue weighted by atomic mass is 9.84. The van der Waals surface area contributed by atoms with Crippen molar-refractivity contribution in [1.29, 1.82) is 0 Å². The SMILES string of the molecule is COC1C=C(/C=C/C(OC(=O)C2CCCCN2C(=O)C(=O)C2(O)OC(C(C)C)CCC2C)C(C)C)CCC1C. The highest BCUT2D eigenvalue weighted by atomic mass is 16.6. The maximum Gasteiger partial charge on any atom is 0.329 e. The second kappa shape index (κ2) is 13.6. The number of esters is 1. The Hall–Kier alpha value is -2.03. The first kappa shape index (κ1) is 31.5. The molecule has 7 unspecified atom stereocenters. The summed E-state index contributed by atoms with van der Waals surface area (Å²) in [6.45, 7) is 12.0. The number of hydrogen-bond acceptors (Lipinski definition) is 7. The summed E-state index contributed by atoms with van der Waals surface area (Å²) in [4.78, 5) is 41.6. The van der Waals surface area contributed by atoms with Crippen LogP contribution in [-0.4, -0.2) is 71.5 Å². The van der Waals surface area contributed by atoms with Gasteiger partial charge in [-0.25, -0.2) is 4.79 Å². The van der Waals surface area contributed by atoms with Crippen LogP contribution in [0.25, 0.3) is 0 Å². The minimum atomic E-state index is -2.19. The molecular weight excluding hydrogens is 498 g/mol. The molecule has 2 saturated heterocycles. The molecule has 0 saturated carbocycles. The van der Waals surface area contributed by atoms with Crippen LogP contribution in [0.2, 0.25) is 0 Å². The van der Waals surface area contributed by atoms with E-state index < -0.39 is 41.5 Å². The summed E-state index contributed by atoms with van der Waals surface area (Å²) >= 11 is 0. The number of allylic oxidation sites excluding steroid dienone is 2. The van der Waals surface area contributed by atoms with Crippen LogP contribution in [0.4, 0.5) is 0 Å². The topological polar surface area (TPSA) is 102 Å². The van der Waals surface area contributed by atoms with Gasteiger partial charge in [0, 0.05) is 19.6 Å². The Kier molecular flexibility index (Phi) is 10.9. The van der Waals surface area contributed by atoms with Gasteiger partial charge in [0.1, 0.15) is 12.1 Å². The fourth-order valence-corrected chi connectivity index (χ4v) is 5.75. The molecule has 0 spiro atoms. The molecule has 220 valence electrons. The average Bonchev–Trinajstić information content (AvgIpc) is 2.91. The smallest absolute Gasteiger partial charge is 0.329 e. The maximum atomic E-state index is 13.5. The van der Waals surface area contributed by atoms with E-state index in [1.807, 2.05) is 39.8 Å². The number of carbonyl (C=O) groups is 3. The number of methoxy groups -OCH3 is 1. The van der Waals surface area contributed by atoms with Gasteiger partial charge in [-0.3, -0.25) is 9.59 Å². The molecule has 0 bridgehead atoms. The van der Waals surface area contributed by atoms with Crippen LogP contribution in [0.3, 0.4) is 0 Å². The molecule has 2 fully saturated rings. The number of likely N-dealkylation sites (tertiary alicyclic amines) is 1. The van der Waals surface area contributed by atoms with E-state index in [9.17, 15) is 19.5 Å². The number of carbonyl (C=O) groups excluding carboxylic acids is 3. The van der Waals surface area contributed by atoms with Gasteiger partial charge < -0.3 is 24.2 Å². The Balaban J connectivity index is 1.73. The molecule has 3 rings (SSSR count). The number of hydrogen-bond donors (Lipinski definition) is 1. The molecule has 0 aromatic carbocycles. The van der Waals surface area contributed by atoms with Gasteiger partial charge in [-0.05, 0) is 74.3 Å². The van der Waals surface area contributed by atoms with E-state index in [0.29, 0.717) is 31.6 Å². The molecule has 0 radical (unpaired) electrons. The minimum absolute atomic E-state index is 0.0195. The van der Waals surface area contributed by atoms with Crippen LogP contribution in [0.1, 0.15) is 86.5 Å². The van der Waals surface area contributed by atoms with E-state index in [1.54, 1.807) is 14.0 Å². The number of Topliss-reactive ketones (excluding diaryl/α,β-unsaturated/α-hetero) is 1. The van der Waals surface area contributed by atoms with Crippen molar-refractivity contribution in [3.05, 3.63) is 23.8 Å². The fraction of sp³-hybridized carbons (Fsp3) is 0.774. The molecule has 39 heavy (non-hydrogen) atoms. The van der Waals surface area contributed by atoms with Crippen molar-refractivity contribution < 1.29 is 33.7 Å². The van der Waals surface area contributed by atoms with Crippen LogP contribution in [-0.2, 0) is 28.6 Å². The number of aliphatic hydroxyl groups is 1. The number of ketones is 1. The fourth-order valence-electron chi connectivity index (χ4n) is 5.75. The predicted molar refractivity (Wildman–Crippen MR) is 149 cm³/mol. The molecule has 8 heteroatoms. The number of nitrogens with zero attached hydrogens (tertiary/aromatic N) is 1. The quantitative estimate of drug-likeness (QED) is 0.333. The van der Waals surface area contributed by atoms with Crippen molar-refractivity contribution in [2.75, 3.05) is 13.7 Å². The first-order valence-corrected chi connectivity index (χ1v) is 14.8. The molecule has 2 aliphatic heterocycles. The molecule has 8 nitrogen and oxygen atoms in total. The summed E-state index contributed by atoms with van der Waals surface area (Å²) in [5.74, 6) is -4.53. The van der Waals surface area contributed by atoms with Crippen molar-refractivity contribution in [3.63, 3.8) is 0 Å². The zero-order valence-electron chi connectivity index (χ0n) is 24.9. The first-order valence-electron chi connectivity index (χ1n) is 14.8. The van der Waals surface area contributed by atoms with Crippen LogP contribution in [0.5, 0.6) is 0 Å². The molecule has 0 aromatic rings. The highest BCUT2D eigenvalue weighted by Crippen LogP contribution is 2.36. The van der Waals surface area contributed by atoms with Crippen molar-refractivity contribution in [2.24, 2.45) is 23.7 Å². The maximum absolute atomic E-state index is 13.5. The summed E-state index contributed by atoms with van der Waals surface area (Å²) in [5, 5.41) is 11.3. The van der Waals surface area contributed by atoms with E-state index in [2.05, 4.69) is 13.0 Å². The number of piperidine rings is 1. The van der Waals surface area contributed by atoms with Crippen LogP contribution in [0, 0.1) is 23.7 Å². The number of rotatable bonds is 9. The molecular formula is C31H49NO7. The van der Waals surface area contributed by atoms with E-state index in [1.165, 1.54) is 4.90 Å². The molecule has 1 aliphatic carbocycles. The lowest BCUT2D eigenvalue weighted by molar-refractivity contribution is -0.269. The van der Waals surface area contributed by atoms with E-state index in [0.717, 1.165) is 24.8 Å². The average molecular weight is 548 g/mol. The molecule has 0 aromatic heterocycles. The van der Waals surface area contributed by atoms with Gasteiger partial charge in [0.2, 0.25) is 5.79 Å². The van der Waals surface area contributed by atoms with Gasteiger partial charge in [0.15, 0.2) is 0 Å². The molecule has 7 atom stereocenters. The zero-order valence-corrected chi connectivity index (χ0v) is 24.9. The summed E-state index contributed by atoms with van der Waals surface area (Å²) in [7, 11) is 1.72. The first-order chi connectivity index (χ1) is 18.4. The minimum Gasteiger partial charge on any atom is -0.456 e. The van der Waals surface area contributed by atoms with Crippen molar-refractivity contribution >= 4 is 17.7 Å². The third-order valence-corrected chi connectivity index (χ3v) is 8.69. The second-order valence-electron chi connectivity index (χ2n) is 12.4. The normalized spacial score (nSPS) is 32.8. The van der Waals surface area contributed by atoms with Gasteiger partial charge in [-0.15, -0.1) is 0 Å². The molecule has 1 N–H and O–H groups in total. The van der Waals surface area contributed by atoms with Gasteiger partial charge in [-0.2, -0.15) is 0 Å².